The van der Waals surface area contributed by atoms with Crippen molar-refractivity contribution in [3.63, 3.8) is 0 Å². The lowest BCUT2D eigenvalue weighted by Crippen LogP contribution is -2.32. The van der Waals surface area contributed by atoms with Crippen LogP contribution in [0.1, 0.15) is 49.4 Å². The molecule has 2 N–H and O–H groups in total. The van der Waals surface area contributed by atoms with Crippen molar-refractivity contribution in [2.75, 3.05) is 17.2 Å². The number of fused-ring (bicyclic) bond motifs is 1. The van der Waals surface area contributed by atoms with Crippen LogP contribution < -0.4 is 20.1 Å². The summed E-state index contributed by atoms with van der Waals surface area (Å²) < 4.78 is 83.9. The Balaban J connectivity index is 0.000000411. The molecule has 0 spiro atoms. The summed E-state index contributed by atoms with van der Waals surface area (Å²) in [4.78, 5) is 41.5. The number of anilines is 2. The number of aryl methyl sites for hydroxylation is 2. The average molecular weight is 740 g/mol. The van der Waals surface area contributed by atoms with Crippen LogP contribution in [0, 0.1) is 35.6 Å². The van der Waals surface area contributed by atoms with Crippen LogP contribution >= 0.6 is 0 Å². The first kappa shape index (κ1) is 44.3. The lowest BCUT2D eigenvalue weighted by atomic mass is 10.0. The van der Waals surface area contributed by atoms with Gasteiger partial charge in [0, 0.05) is 31.2 Å². The number of halogens is 6. The summed E-state index contributed by atoms with van der Waals surface area (Å²) >= 11 is 0. The fourth-order valence-corrected chi connectivity index (χ4v) is 4.54. The molecule has 282 valence electrons. The second kappa shape index (κ2) is 21.5. The van der Waals surface area contributed by atoms with Gasteiger partial charge >= 0.3 is 13.2 Å². The zero-order chi connectivity index (χ0) is 38.2. The number of nitrogens with zero attached hydrogens (tertiary/aromatic N) is 4. The Bertz CT molecular complexity index is 1800. The van der Waals surface area contributed by atoms with E-state index in [1.807, 2.05) is 13.8 Å². The van der Waals surface area contributed by atoms with Crippen molar-refractivity contribution in [1.82, 2.24) is 9.97 Å². The maximum absolute atomic E-state index is 13.9. The summed E-state index contributed by atoms with van der Waals surface area (Å²) in [7, 11) is 0. The first-order valence-electron chi connectivity index (χ1n) is 15.2. The molecule has 0 bridgehead atoms. The maximum atomic E-state index is 13.9. The number of rotatable bonds is 8. The first-order valence-corrected chi connectivity index (χ1v) is 15.2. The van der Waals surface area contributed by atoms with E-state index in [2.05, 4.69) is 19.4 Å². The number of pyridine rings is 2. The number of nitro benzene ring substituents is 1. The number of hydrogen-bond donors (Lipinski definition) is 1. The third-order valence-corrected chi connectivity index (χ3v) is 6.85. The molecule has 0 aliphatic carbocycles. The van der Waals surface area contributed by atoms with Crippen LogP contribution in [0.5, 0.6) is 11.5 Å². The molecule has 3 heterocycles. The quantitative estimate of drug-likeness (QED) is 0.0821. The Morgan fingerprint density at radius 2 is 1.50 bits per heavy atom. The van der Waals surface area contributed by atoms with Crippen LogP contribution in [-0.4, -0.2) is 46.9 Å². The Labute approximate surface area is 296 Å². The van der Waals surface area contributed by atoms with Crippen molar-refractivity contribution in [2.24, 2.45) is 0 Å². The summed E-state index contributed by atoms with van der Waals surface area (Å²) in [5.74, 6) is -1.37. The average Bonchev–Trinajstić information content (AvgIpc) is 3.25. The molecule has 0 unspecified atom stereocenters. The third kappa shape index (κ3) is 12.9. The zero-order valence-corrected chi connectivity index (χ0v) is 27.9. The molecule has 0 saturated carbocycles. The lowest BCUT2D eigenvalue weighted by Gasteiger charge is -2.21. The summed E-state index contributed by atoms with van der Waals surface area (Å²) in [6, 6.07) is 10.8. The number of nitrogens with two attached hydrogens (primary N) is 1. The van der Waals surface area contributed by atoms with Gasteiger partial charge in [-0.15, -0.1) is 0 Å². The molecule has 0 radical (unpaired) electrons. The van der Waals surface area contributed by atoms with Crippen LogP contribution in [0.2, 0.25) is 0 Å². The van der Waals surface area contributed by atoms with E-state index < -0.39 is 24.0 Å². The molecule has 5 rings (SSSR count). The van der Waals surface area contributed by atoms with E-state index in [1.54, 1.807) is 19.1 Å². The summed E-state index contributed by atoms with van der Waals surface area (Å²) in [6.45, 7) is 1.53. The van der Waals surface area contributed by atoms with E-state index >= 15 is 0 Å². The van der Waals surface area contributed by atoms with Crippen LogP contribution in [0.4, 0.5) is 43.4 Å². The van der Waals surface area contributed by atoms with E-state index in [4.69, 9.17) is 5.73 Å². The Kier molecular flexibility index (Phi) is 18.3. The lowest BCUT2D eigenvalue weighted by molar-refractivity contribution is -0.385. The van der Waals surface area contributed by atoms with E-state index in [1.165, 1.54) is 54.5 Å². The molecule has 0 fully saturated rings. The van der Waals surface area contributed by atoms with Gasteiger partial charge < -0.3 is 24.9 Å². The molecule has 1 aliphatic heterocycles. The minimum absolute atomic E-state index is 0. The molecule has 52 heavy (non-hydrogen) atoms. The van der Waals surface area contributed by atoms with Crippen molar-refractivity contribution in [2.45, 2.75) is 67.6 Å². The maximum Gasteiger partial charge on any atom is 0.387 e. The monoisotopic (exact) mass is 739 g/mol. The minimum atomic E-state index is -2.97. The number of aromatic nitrogens is 2. The van der Waals surface area contributed by atoms with Crippen LogP contribution in [-0.2, 0) is 28.9 Å². The number of carbonyl (C=O) groups excluding carboxylic acids is 2. The molecular weight excluding hydrogens is 700 g/mol. The highest BCUT2D eigenvalue weighted by Crippen LogP contribution is 2.28. The predicted molar refractivity (Wildman–Crippen MR) is 183 cm³/mol. The molecule has 0 atom stereocenters. The topological polar surface area (TPSA) is 151 Å². The number of benzene rings is 2. The van der Waals surface area contributed by atoms with Gasteiger partial charge in [0.15, 0.2) is 0 Å². The number of nitrogen functional groups attached to an aromatic ring is 1. The zero-order valence-electron chi connectivity index (χ0n) is 27.9. The van der Waals surface area contributed by atoms with Gasteiger partial charge in [-0.25, -0.2) is 8.78 Å². The number of aldehydes is 1. The molecule has 2 aromatic heterocycles. The van der Waals surface area contributed by atoms with Crippen LogP contribution in [0.15, 0.2) is 60.9 Å². The number of amides is 1. The standard InChI is InChI=1S/C17H15F3N2O2.C8H6FNO3.C7H8F2N2O.C2H6.CH4/c1-10-15(24-17(19)20)8-12(9-21-10)22-6-5-13-11(7-16(22)23)3-2-4-14(13)18;9-7-2-1-3-8(10(12)13)6(7)4-5-11;1-4-6(12-7(8)9)2-5(10)3-11-4;1-2;/h2-4,8-9,17H,5-7H2,1H3;1-3,5H,4H2;2-3,7H,10H2,1H3;1-2H3;1H4. The predicted octanol–water partition coefficient (Wildman–Crippen LogP) is 7.97. The number of alkyl halides is 4. The van der Waals surface area contributed by atoms with Crippen molar-refractivity contribution < 1.29 is 50.3 Å². The van der Waals surface area contributed by atoms with Crippen molar-refractivity contribution in [3.05, 3.63) is 111 Å². The van der Waals surface area contributed by atoms with Gasteiger partial charge in [0.1, 0.15) is 29.4 Å². The van der Waals surface area contributed by atoms with E-state index in [0.29, 0.717) is 46.6 Å². The molecule has 2 aromatic carbocycles. The van der Waals surface area contributed by atoms with Gasteiger partial charge in [0.2, 0.25) is 5.91 Å². The van der Waals surface area contributed by atoms with Gasteiger partial charge in [0.25, 0.3) is 5.69 Å². The van der Waals surface area contributed by atoms with Crippen molar-refractivity contribution in [1.29, 1.82) is 0 Å². The molecule has 1 aliphatic rings. The van der Waals surface area contributed by atoms with Gasteiger partial charge in [-0.05, 0) is 43.5 Å². The minimum Gasteiger partial charge on any atom is -0.433 e. The van der Waals surface area contributed by atoms with Gasteiger partial charge in [0.05, 0.1) is 52.1 Å². The van der Waals surface area contributed by atoms with E-state index in [-0.39, 0.29) is 61.3 Å². The fraction of sp³-hybridized carbons (Fsp3) is 0.314. The highest BCUT2D eigenvalue weighted by molar-refractivity contribution is 5.95. The summed E-state index contributed by atoms with van der Waals surface area (Å²) in [5, 5.41) is 10.4. The Hall–Kier alpha value is -5.74. The smallest absolute Gasteiger partial charge is 0.387 e. The molecule has 17 heteroatoms. The SMILES string of the molecule is C.CC.Cc1ncc(N)cc1OC(F)F.Cc1ncc(N2CCc3c(F)cccc3CC2=O)cc1OC(F)F.O=CCc1c(F)cccc1[N+](=O)[O-]. The van der Waals surface area contributed by atoms with E-state index in [9.17, 15) is 46.0 Å². The largest absolute Gasteiger partial charge is 0.433 e. The second-order valence-corrected chi connectivity index (χ2v) is 10.1. The third-order valence-electron chi connectivity index (χ3n) is 6.85. The van der Waals surface area contributed by atoms with E-state index in [0.717, 1.165) is 6.07 Å². The second-order valence-electron chi connectivity index (χ2n) is 10.1. The Morgan fingerprint density at radius 3 is 2.08 bits per heavy atom. The van der Waals surface area contributed by atoms with Crippen LogP contribution in [0.3, 0.4) is 0 Å². The number of hydrogen-bond acceptors (Lipinski definition) is 9. The van der Waals surface area contributed by atoms with Crippen molar-refractivity contribution >= 4 is 29.3 Å². The van der Waals surface area contributed by atoms with Gasteiger partial charge in [-0.1, -0.05) is 39.5 Å². The fourth-order valence-electron chi connectivity index (χ4n) is 4.54. The van der Waals surface area contributed by atoms with Gasteiger partial charge in [-0.2, -0.15) is 17.6 Å². The normalized spacial score (nSPS) is 11.6. The molecule has 11 nitrogen and oxygen atoms in total. The molecule has 1 amide bonds. The molecule has 0 saturated heterocycles. The number of ether oxygens (including phenoxy) is 2. The summed E-state index contributed by atoms with van der Waals surface area (Å²) in [5.41, 5.74) is 7.31. The molecule has 4 aromatic rings. The highest BCUT2D eigenvalue weighted by atomic mass is 19.3. The Morgan fingerprint density at radius 1 is 0.942 bits per heavy atom. The highest BCUT2D eigenvalue weighted by Gasteiger charge is 2.25. The van der Waals surface area contributed by atoms with Crippen LogP contribution in [0.25, 0.3) is 0 Å². The first-order chi connectivity index (χ1) is 24.2. The molecular formula is C35H39F6N5O6. The van der Waals surface area contributed by atoms with Crippen molar-refractivity contribution in [3.8, 4) is 11.5 Å². The summed E-state index contributed by atoms with van der Waals surface area (Å²) in [6.07, 6.45) is 3.36. The number of carbonyl (C=O) groups is 2. The number of nitro groups is 1. The van der Waals surface area contributed by atoms with Gasteiger partial charge in [-0.3, -0.25) is 24.9 Å².